The molecule has 32 heavy (non-hydrogen) atoms. The van der Waals surface area contributed by atoms with Crippen LogP contribution < -0.4 is 15.5 Å². The molecule has 2 aromatic rings. The fraction of sp³-hybridized carbons (Fsp3) is 0.458. The van der Waals surface area contributed by atoms with Gasteiger partial charge in [0, 0.05) is 49.5 Å². The Morgan fingerprint density at radius 1 is 1.06 bits per heavy atom. The number of carbonyl (C=O) groups is 2. The first-order valence-electron chi connectivity index (χ1n) is 11.0. The summed E-state index contributed by atoms with van der Waals surface area (Å²) in [4.78, 5) is 33.9. The molecule has 0 radical (unpaired) electrons. The van der Waals surface area contributed by atoms with Gasteiger partial charge in [0.15, 0.2) is 5.82 Å². The van der Waals surface area contributed by atoms with Gasteiger partial charge in [-0.15, -0.1) is 0 Å². The summed E-state index contributed by atoms with van der Waals surface area (Å²) in [5.74, 6) is 0.584. The molecule has 1 saturated heterocycles. The number of aliphatic hydroxyl groups is 1. The summed E-state index contributed by atoms with van der Waals surface area (Å²) in [7, 11) is 0. The molecule has 2 amide bonds. The van der Waals surface area contributed by atoms with E-state index in [0.717, 1.165) is 11.5 Å². The first kappa shape index (κ1) is 23.5. The van der Waals surface area contributed by atoms with Gasteiger partial charge >= 0.3 is 0 Å². The van der Waals surface area contributed by atoms with Crippen molar-refractivity contribution in [1.29, 1.82) is 0 Å². The van der Waals surface area contributed by atoms with Crippen LogP contribution in [0.5, 0.6) is 0 Å². The van der Waals surface area contributed by atoms with E-state index in [9.17, 15) is 14.7 Å². The minimum Gasteiger partial charge on any atom is -0.394 e. The summed E-state index contributed by atoms with van der Waals surface area (Å²) in [6.45, 7) is 10.1. The van der Waals surface area contributed by atoms with Crippen molar-refractivity contribution >= 4 is 23.3 Å². The number of hydrogen-bond acceptors (Lipinski definition) is 6. The lowest BCUT2D eigenvalue weighted by molar-refractivity contribution is 0.0745. The molecule has 0 unspecified atom stereocenters. The Balaban J connectivity index is 1.61. The van der Waals surface area contributed by atoms with Crippen LogP contribution in [0.25, 0.3) is 0 Å². The molecule has 1 aliphatic heterocycles. The molecule has 3 N–H and O–H groups in total. The lowest BCUT2D eigenvalue weighted by Crippen LogP contribution is -2.49. The minimum absolute atomic E-state index is 0.0474. The van der Waals surface area contributed by atoms with Crippen molar-refractivity contribution in [3.05, 3.63) is 53.7 Å². The number of benzene rings is 1. The van der Waals surface area contributed by atoms with Gasteiger partial charge in [-0.1, -0.05) is 0 Å². The van der Waals surface area contributed by atoms with Gasteiger partial charge in [-0.25, -0.2) is 4.98 Å². The lowest BCUT2D eigenvalue weighted by Gasteiger charge is -2.36. The maximum absolute atomic E-state index is 13.0. The molecule has 0 atom stereocenters. The van der Waals surface area contributed by atoms with E-state index < -0.39 is 5.54 Å². The smallest absolute Gasteiger partial charge is 0.253 e. The fourth-order valence-electron chi connectivity index (χ4n) is 3.56. The van der Waals surface area contributed by atoms with Gasteiger partial charge in [0.2, 0.25) is 0 Å². The Morgan fingerprint density at radius 3 is 2.28 bits per heavy atom. The number of rotatable bonds is 7. The Kier molecular flexibility index (Phi) is 7.35. The van der Waals surface area contributed by atoms with Crippen molar-refractivity contribution in [2.75, 3.05) is 43.0 Å². The molecule has 0 aliphatic carbocycles. The van der Waals surface area contributed by atoms with Crippen molar-refractivity contribution in [3.8, 4) is 0 Å². The number of piperazine rings is 1. The Morgan fingerprint density at radius 2 is 1.69 bits per heavy atom. The Hall–Kier alpha value is -3.13. The predicted octanol–water partition coefficient (Wildman–Crippen LogP) is 2.36. The summed E-state index contributed by atoms with van der Waals surface area (Å²) >= 11 is 0. The second-order valence-corrected chi connectivity index (χ2v) is 9.03. The van der Waals surface area contributed by atoms with E-state index in [0.29, 0.717) is 43.3 Å². The van der Waals surface area contributed by atoms with Gasteiger partial charge in [-0.2, -0.15) is 0 Å². The van der Waals surface area contributed by atoms with Gasteiger partial charge in [-0.05, 0) is 64.1 Å². The molecule has 0 spiro atoms. The topological polar surface area (TPSA) is 97.8 Å². The van der Waals surface area contributed by atoms with Gasteiger partial charge < -0.3 is 25.5 Å². The molecule has 1 aromatic carbocycles. The van der Waals surface area contributed by atoms with E-state index in [-0.39, 0.29) is 18.4 Å². The average Bonchev–Trinajstić information content (AvgIpc) is 2.78. The van der Waals surface area contributed by atoms with E-state index in [4.69, 9.17) is 0 Å². The third-order valence-electron chi connectivity index (χ3n) is 5.34. The molecule has 2 heterocycles. The number of nitrogens with zero attached hydrogens (tertiary/aromatic N) is 3. The minimum atomic E-state index is -0.705. The Bertz CT molecular complexity index is 935. The first-order chi connectivity index (χ1) is 15.2. The molecule has 172 valence electrons. The summed E-state index contributed by atoms with van der Waals surface area (Å²) in [6, 6.07) is 10.9. The van der Waals surface area contributed by atoms with Crippen LogP contribution in [-0.4, -0.2) is 71.2 Å². The van der Waals surface area contributed by atoms with Crippen LogP contribution >= 0.6 is 0 Å². The van der Waals surface area contributed by atoms with E-state index in [2.05, 4.69) is 34.4 Å². The molecule has 8 nitrogen and oxygen atoms in total. The van der Waals surface area contributed by atoms with Crippen LogP contribution in [0.4, 0.5) is 11.5 Å². The SMILES string of the molecule is CC(C)Nc1cccnc1N1CCN(C(=O)c2ccc(C(=O)NC(C)(C)CO)cc2)CC1. The molecule has 1 aliphatic rings. The number of hydrogen-bond donors (Lipinski definition) is 3. The second-order valence-electron chi connectivity index (χ2n) is 9.03. The molecular weight excluding hydrogens is 406 g/mol. The molecule has 8 heteroatoms. The highest BCUT2D eigenvalue weighted by molar-refractivity contribution is 5.98. The van der Waals surface area contributed by atoms with Crippen LogP contribution in [0, 0.1) is 0 Å². The standard InChI is InChI=1S/C24H33N5O3/c1-17(2)26-20-6-5-11-25-21(20)28-12-14-29(15-13-28)23(32)19-9-7-18(8-10-19)22(31)27-24(3,4)16-30/h5-11,17,26,30H,12-16H2,1-4H3,(H,27,31). The number of aliphatic hydroxyl groups excluding tert-OH is 1. The highest BCUT2D eigenvalue weighted by Crippen LogP contribution is 2.25. The van der Waals surface area contributed by atoms with Gasteiger partial charge in [0.25, 0.3) is 11.8 Å². The zero-order valence-electron chi connectivity index (χ0n) is 19.3. The molecule has 3 rings (SSSR count). The van der Waals surface area contributed by atoms with Gasteiger partial charge in [0.05, 0.1) is 17.8 Å². The highest BCUT2D eigenvalue weighted by Gasteiger charge is 2.25. The van der Waals surface area contributed by atoms with Crippen LogP contribution in [-0.2, 0) is 0 Å². The predicted molar refractivity (Wildman–Crippen MR) is 126 cm³/mol. The zero-order chi connectivity index (χ0) is 23.3. The number of aromatic nitrogens is 1. The summed E-state index contributed by atoms with van der Waals surface area (Å²) in [5.41, 5.74) is 1.30. The maximum Gasteiger partial charge on any atom is 0.253 e. The van der Waals surface area contributed by atoms with Crippen molar-refractivity contribution in [2.24, 2.45) is 0 Å². The van der Waals surface area contributed by atoms with Crippen molar-refractivity contribution < 1.29 is 14.7 Å². The number of pyridine rings is 1. The highest BCUT2D eigenvalue weighted by atomic mass is 16.3. The number of amides is 2. The third kappa shape index (κ3) is 5.76. The van der Waals surface area contributed by atoms with Gasteiger partial charge in [0.1, 0.15) is 0 Å². The fourth-order valence-corrected chi connectivity index (χ4v) is 3.56. The van der Waals surface area contributed by atoms with Crippen molar-refractivity contribution in [3.63, 3.8) is 0 Å². The Labute approximate surface area is 189 Å². The molecule has 0 saturated carbocycles. The van der Waals surface area contributed by atoms with Crippen LogP contribution in [0.2, 0.25) is 0 Å². The molecule has 1 fully saturated rings. The van der Waals surface area contributed by atoms with Crippen LogP contribution in [0.15, 0.2) is 42.6 Å². The summed E-state index contributed by atoms with van der Waals surface area (Å²) in [5, 5.41) is 15.5. The number of carbonyl (C=O) groups excluding carboxylic acids is 2. The van der Waals surface area contributed by atoms with Gasteiger partial charge in [-0.3, -0.25) is 9.59 Å². The zero-order valence-corrected chi connectivity index (χ0v) is 19.3. The molecule has 1 aromatic heterocycles. The third-order valence-corrected chi connectivity index (χ3v) is 5.34. The second kappa shape index (κ2) is 9.99. The van der Waals surface area contributed by atoms with E-state index in [1.165, 1.54) is 0 Å². The van der Waals surface area contributed by atoms with E-state index in [1.54, 1.807) is 44.3 Å². The monoisotopic (exact) mass is 439 g/mol. The summed E-state index contributed by atoms with van der Waals surface area (Å²) < 4.78 is 0. The summed E-state index contributed by atoms with van der Waals surface area (Å²) in [6.07, 6.45) is 1.79. The lowest BCUT2D eigenvalue weighted by atomic mass is 10.1. The quantitative estimate of drug-likeness (QED) is 0.613. The maximum atomic E-state index is 13.0. The first-order valence-corrected chi connectivity index (χ1v) is 11.0. The van der Waals surface area contributed by atoms with Crippen LogP contribution in [0.1, 0.15) is 48.4 Å². The molecule has 0 bridgehead atoms. The number of anilines is 2. The number of nitrogens with one attached hydrogen (secondary N) is 2. The normalized spacial score (nSPS) is 14.4. The van der Waals surface area contributed by atoms with E-state index >= 15 is 0 Å². The largest absolute Gasteiger partial charge is 0.394 e. The molecular formula is C24H33N5O3. The average molecular weight is 440 g/mol. The van der Waals surface area contributed by atoms with Crippen molar-refractivity contribution in [1.82, 2.24) is 15.2 Å². The van der Waals surface area contributed by atoms with E-state index in [1.807, 2.05) is 17.0 Å². The van der Waals surface area contributed by atoms with Crippen molar-refractivity contribution in [2.45, 2.75) is 39.3 Å². The van der Waals surface area contributed by atoms with Crippen LogP contribution in [0.3, 0.4) is 0 Å².